The fourth-order valence-corrected chi connectivity index (χ4v) is 4.45. The molecular formula is C23H28N4O3S. The number of hydrogen-bond acceptors (Lipinski definition) is 7. The van der Waals surface area contributed by atoms with Crippen molar-refractivity contribution in [2.75, 3.05) is 52.3 Å². The van der Waals surface area contributed by atoms with Crippen LogP contribution in [0.25, 0.3) is 17.1 Å². The first-order chi connectivity index (χ1) is 15.3. The Labute approximate surface area is 187 Å². The number of nitrogens with zero attached hydrogens (tertiary/aromatic N) is 4. The van der Waals surface area contributed by atoms with E-state index >= 15 is 0 Å². The maximum atomic E-state index is 5.61. The minimum Gasteiger partial charge on any atom is -0.497 e. The van der Waals surface area contributed by atoms with Gasteiger partial charge in [0.1, 0.15) is 11.5 Å². The van der Waals surface area contributed by atoms with Crippen LogP contribution in [0.2, 0.25) is 0 Å². The molecular weight excluding hydrogens is 412 g/mol. The number of rotatable bonds is 9. The molecule has 0 bridgehead atoms. The van der Waals surface area contributed by atoms with E-state index in [1.165, 1.54) is 0 Å². The summed E-state index contributed by atoms with van der Waals surface area (Å²) >= 11 is 1.72. The first kappa shape index (κ1) is 21.7. The molecule has 1 aromatic heterocycles. The van der Waals surface area contributed by atoms with Gasteiger partial charge in [0.25, 0.3) is 0 Å². The smallest absolute Gasteiger partial charge is 0.196 e. The minimum atomic E-state index is 0.643. The molecule has 2 aromatic carbocycles. The molecule has 1 fully saturated rings. The normalized spacial score (nSPS) is 14.5. The monoisotopic (exact) mass is 440 g/mol. The Morgan fingerprint density at radius 1 is 1.03 bits per heavy atom. The van der Waals surface area contributed by atoms with Gasteiger partial charge < -0.3 is 14.2 Å². The molecule has 0 radical (unpaired) electrons. The van der Waals surface area contributed by atoms with Crippen molar-refractivity contribution in [1.82, 2.24) is 19.7 Å². The van der Waals surface area contributed by atoms with Gasteiger partial charge in [0.2, 0.25) is 0 Å². The molecule has 0 N–H and O–H groups in total. The van der Waals surface area contributed by atoms with E-state index in [1.54, 1.807) is 18.9 Å². The second kappa shape index (κ2) is 10.7. The first-order valence-electron chi connectivity index (χ1n) is 10.5. The van der Waals surface area contributed by atoms with Crippen molar-refractivity contribution in [3.05, 3.63) is 48.5 Å². The van der Waals surface area contributed by atoms with E-state index in [4.69, 9.17) is 14.2 Å². The van der Waals surface area contributed by atoms with Crippen molar-refractivity contribution in [3.8, 4) is 28.6 Å². The van der Waals surface area contributed by atoms with Crippen LogP contribution in [0.3, 0.4) is 0 Å². The van der Waals surface area contributed by atoms with Crippen LogP contribution in [0.1, 0.15) is 6.92 Å². The van der Waals surface area contributed by atoms with E-state index in [2.05, 4.69) is 19.7 Å². The minimum absolute atomic E-state index is 0.643. The molecule has 0 amide bonds. The van der Waals surface area contributed by atoms with Gasteiger partial charge in [-0.05, 0) is 43.3 Å². The molecule has 2 heterocycles. The van der Waals surface area contributed by atoms with E-state index in [9.17, 15) is 0 Å². The van der Waals surface area contributed by atoms with Gasteiger partial charge in [-0.3, -0.25) is 9.47 Å². The van der Waals surface area contributed by atoms with Gasteiger partial charge >= 0.3 is 0 Å². The largest absolute Gasteiger partial charge is 0.497 e. The molecule has 0 aliphatic carbocycles. The van der Waals surface area contributed by atoms with Crippen molar-refractivity contribution in [1.29, 1.82) is 0 Å². The van der Waals surface area contributed by atoms with E-state index in [0.29, 0.717) is 6.61 Å². The second-order valence-electron chi connectivity index (χ2n) is 7.10. The number of aromatic nitrogens is 3. The Morgan fingerprint density at radius 2 is 1.84 bits per heavy atom. The summed E-state index contributed by atoms with van der Waals surface area (Å²) in [5.41, 5.74) is 1.96. The number of ether oxygens (including phenoxy) is 3. The highest BCUT2D eigenvalue weighted by Crippen LogP contribution is 2.30. The molecule has 1 aliphatic rings. The first-order valence-corrected chi connectivity index (χ1v) is 11.5. The quantitative estimate of drug-likeness (QED) is 0.470. The number of morpholine rings is 1. The third-order valence-electron chi connectivity index (χ3n) is 5.11. The molecule has 1 saturated heterocycles. The van der Waals surface area contributed by atoms with Gasteiger partial charge in [-0.25, -0.2) is 0 Å². The van der Waals surface area contributed by atoms with Crippen LogP contribution in [0.5, 0.6) is 11.5 Å². The van der Waals surface area contributed by atoms with Crippen molar-refractivity contribution in [3.63, 3.8) is 0 Å². The molecule has 7 nitrogen and oxygen atoms in total. The van der Waals surface area contributed by atoms with Crippen molar-refractivity contribution in [2.45, 2.75) is 12.1 Å². The maximum absolute atomic E-state index is 5.61. The van der Waals surface area contributed by atoms with Gasteiger partial charge in [-0.2, -0.15) is 0 Å². The summed E-state index contributed by atoms with van der Waals surface area (Å²) in [7, 11) is 1.67. The Bertz CT molecular complexity index is 971. The highest BCUT2D eigenvalue weighted by molar-refractivity contribution is 7.99. The van der Waals surface area contributed by atoms with Crippen LogP contribution < -0.4 is 9.47 Å². The third kappa shape index (κ3) is 5.39. The zero-order valence-corrected chi connectivity index (χ0v) is 18.8. The zero-order chi connectivity index (χ0) is 21.5. The lowest BCUT2D eigenvalue weighted by molar-refractivity contribution is 0.0410. The zero-order valence-electron chi connectivity index (χ0n) is 18.0. The highest BCUT2D eigenvalue weighted by atomic mass is 32.2. The molecule has 0 atom stereocenters. The lowest BCUT2D eigenvalue weighted by Crippen LogP contribution is -2.37. The van der Waals surface area contributed by atoms with Gasteiger partial charge in [0, 0.05) is 36.6 Å². The van der Waals surface area contributed by atoms with Gasteiger partial charge in [-0.15, -0.1) is 10.2 Å². The Morgan fingerprint density at radius 3 is 2.58 bits per heavy atom. The van der Waals surface area contributed by atoms with Gasteiger partial charge in [-0.1, -0.05) is 23.9 Å². The summed E-state index contributed by atoms with van der Waals surface area (Å²) in [5.74, 6) is 3.37. The summed E-state index contributed by atoms with van der Waals surface area (Å²) in [4.78, 5) is 2.43. The third-order valence-corrected chi connectivity index (χ3v) is 6.02. The van der Waals surface area contributed by atoms with Crippen LogP contribution in [0.4, 0.5) is 0 Å². The van der Waals surface area contributed by atoms with Crippen LogP contribution in [0.15, 0.2) is 53.7 Å². The van der Waals surface area contributed by atoms with E-state index in [-0.39, 0.29) is 0 Å². The Hall–Kier alpha value is -2.55. The van der Waals surface area contributed by atoms with Crippen molar-refractivity contribution < 1.29 is 14.2 Å². The fraction of sp³-hybridized carbons (Fsp3) is 0.391. The summed E-state index contributed by atoms with van der Waals surface area (Å²) in [6.45, 7) is 7.22. The van der Waals surface area contributed by atoms with Crippen molar-refractivity contribution >= 4 is 11.8 Å². The molecule has 1 aliphatic heterocycles. The van der Waals surface area contributed by atoms with Crippen molar-refractivity contribution in [2.24, 2.45) is 0 Å². The molecule has 0 spiro atoms. The number of hydrogen-bond donors (Lipinski definition) is 0. The standard InChI is InChI=1S/C23H28N4O3S/c1-3-30-20-9-7-19(8-10-20)27-22(18-5-4-6-21(17-18)28-2)24-25-23(27)31-16-13-26-11-14-29-15-12-26/h4-10,17H,3,11-16H2,1-2H3. The number of thioether (sulfide) groups is 1. The van der Waals surface area contributed by atoms with Crippen LogP contribution in [-0.2, 0) is 4.74 Å². The SMILES string of the molecule is CCOc1ccc(-n2c(SCCN3CCOCC3)nnc2-c2cccc(OC)c2)cc1. The van der Waals surface area contributed by atoms with Gasteiger partial charge in [0.15, 0.2) is 11.0 Å². The summed E-state index contributed by atoms with van der Waals surface area (Å²) in [6.07, 6.45) is 0. The lowest BCUT2D eigenvalue weighted by atomic mass is 10.2. The van der Waals surface area contributed by atoms with E-state index in [1.807, 2.05) is 55.5 Å². The predicted octanol–water partition coefficient (Wildman–Crippen LogP) is 3.77. The lowest BCUT2D eigenvalue weighted by Gasteiger charge is -2.26. The predicted molar refractivity (Wildman–Crippen MR) is 122 cm³/mol. The number of benzene rings is 2. The topological polar surface area (TPSA) is 61.6 Å². The summed E-state index contributed by atoms with van der Waals surface area (Å²) in [6, 6.07) is 16.0. The van der Waals surface area contributed by atoms with E-state index < -0.39 is 0 Å². The Kier molecular flexibility index (Phi) is 7.45. The van der Waals surface area contributed by atoms with Gasteiger partial charge in [0.05, 0.1) is 26.9 Å². The molecule has 164 valence electrons. The highest BCUT2D eigenvalue weighted by Gasteiger charge is 2.18. The maximum Gasteiger partial charge on any atom is 0.196 e. The molecule has 8 heteroatoms. The van der Waals surface area contributed by atoms with Crippen LogP contribution in [-0.4, -0.2) is 72.0 Å². The molecule has 0 unspecified atom stereocenters. The van der Waals surface area contributed by atoms with Crippen LogP contribution >= 0.6 is 11.8 Å². The average molecular weight is 441 g/mol. The van der Waals surface area contributed by atoms with Crippen LogP contribution in [0, 0.1) is 0 Å². The molecule has 31 heavy (non-hydrogen) atoms. The molecule has 4 rings (SSSR count). The average Bonchev–Trinajstić information content (AvgIpc) is 3.24. The van der Waals surface area contributed by atoms with E-state index in [0.717, 1.165) is 72.3 Å². The molecule has 0 saturated carbocycles. The molecule has 3 aromatic rings. The summed E-state index contributed by atoms with van der Waals surface area (Å²) < 4.78 is 18.6. The summed E-state index contributed by atoms with van der Waals surface area (Å²) in [5, 5.41) is 9.93. The fourth-order valence-electron chi connectivity index (χ4n) is 3.49. The second-order valence-corrected chi connectivity index (χ2v) is 8.17. The Balaban J connectivity index is 1.61. The number of methoxy groups -OCH3 is 1.